The highest BCUT2D eigenvalue weighted by Crippen LogP contribution is 2.15. The van der Waals surface area contributed by atoms with Gasteiger partial charge >= 0.3 is 0 Å². The number of aryl methyl sites for hydroxylation is 1. The van der Waals surface area contributed by atoms with Crippen molar-refractivity contribution < 1.29 is 4.74 Å². The Morgan fingerprint density at radius 3 is 2.81 bits per heavy atom. The monoisotopic (exact) mass is 294 g/mol. The van der Waals surface area contributed by atoms with E-state index in [9.17, 15) is 0 Å². The third-order valence-electron chi connectivity index (χ3n) is 4.27. The first-order valence-corrected chi connectivity index (χ1v) is 8.11. The number of hydrogen-bond acceptors (Lipinski definition) is 4. The summed E-state index contributed by atoms with van der Waals surface area (Å²) in [7, 11) is 0. The lowest BCUT2D eigenvalue weighted by atomic mass is 10.2. The molecule has 1 unspecified atom stereocenters. The summed E-state index contributed by atoms with van der Waals surface area (Å²) in [5, 5.41) is 8.20. The first-order chi connectivity index (χ1) is 10.0. The van der Waals surface area contributed by atoms with E-state index in [-0.39, 0.29) is 6.10 Å². The van der Waals surface area contributed by atoms with E-state index in [0.29, 0.717) is 6.04 Å². The van der Waals surface area contributed by atoms with Gasteiger partial charge < -0.3 is 10.1 Å². The molecule has 21 heavy (non-hydrogen) atoms. The Bertz CT molecular complexity index is 455. The molecule has 120 valence electrons. The van der Waals surface area contributed by atoms with E-state index in [1.807, 2.05) is 0 Å². The number of nitrogens with one attached hydrogen (secondary N) is 1. The van der Waals surface area contributed by atoms with Crippen LogP contribution in [0.3, 0.4) is 0 Å². The molecule has 1 aromatic rings. The second kappa shape index (κ2) is 7.38. The predicted molar refractivity (Wildman–Crippen MR) is 85.5 cm³/mol. The van der Waals surface area contributed by atoms with Crippen LogP contribution in [0.25, 0.3) is 0 Å². The SMILES string of the molecule is CCN1CCOC(Cn2nc(C)c(CNC(C)C)c2C)C1. The molecule has 2 rings (SSSR count). The Hall–Kier alpha value is -0.910. The van der Waals surface area contributed by atoms with Crippen LogP contribution in [0.4, 0.5) is 0 Å². The van der Waals surface area contributed by atoms with Crippen molar-refractivity contribution in [1.82, 2.24) is 20.0 Å². The highest BCUT2D eigenvalue weighted by molar-refractivity contribution is 5.24. The zero-order chi connectivity index (χ0) is 15.4. The van der Waals surface area contributed by atoms with Gasteiger partial charge in [-0.15, -0.1) is 0 Å². The van der Waals surface area contributed by atoms with Gasteiger partial charge in [-0.05, 0) is 20.4 Å². The van der Waals surface area contributed by atoms with Crippen LogP contribution in [0.5, 0.6) is 0 Å². The number of rotatable bonds is 6. The Kier molecular flexibility index (Phi) is 5.79. The number of likely N-dealkylation sites (N-methyl/N-ethyl adjacent to an activating group) is 1. The van der Waals surface area contributed by atoms with E-state index >= 15 is 0 Å². The lowest BCUT2D eigenvalue weighted by Crippen LogP contribution is -2.44. The average molecular weight is 294 g/mol. The molecule has 0 aromatic carbocycles. The fourth-order valence-corrected chi connectivity index (χ4v) is 2.84. The summed E-state index contributed by atoms with van der Waals surface area (Å²) in [5.74, 6) is 0. The summed E-state index contributed by atoms with van der Waals surface area (Å²) in [4.78, 5) is 2.45. The lowest BCUT2D eigenvalue weighted by Gasteiger charge is -2.32. The van der Waals surface area contributed by atoms with Crippen molar-refractivity contribution in [3.8, 4) is 0 Å². The Labute approximate surface area is 128 Å². The van der Waals surface area contributed by atoms with Crippen LogP contribution in [-0.4, -0.2) is 53.1 Å². The number of ether oxygens (including phenoxy) is 1. The molecule has 1 aliphatic heterocycles. The van der Waals surface area contributed by atoms with Gasteiger partial charge in [0.05, 0.1) is 24.9 Å². The van der Waals surface area contributed by atoms with Crippen LogP contribution in [0, 0.1) is 13.8 Å². The minimum Gasteiger partial charge on any atom is -0.374 e. The number of morpholine rings is 1. The normalized spacial score (nSPS) is 20.4. The van der Waals surface area contributed by atoms with Crippen molar-refractivity contribution >= 4 is 0 Å². The van der Waals surface area contributed by atoms with Gasteiger partial charge in [-0.2, -0.15) is 5.10 Å². The molecule has 0 spiro atoms. The largest absolute Gasteiger partial charge is 0.374 e. The maximum absolute atomic E-state index is 5.90. The van der Waals surface area contributed by atoms with Crippen molar-refractivity contribution in [2.75, 3.05) is 26.2 Å². The van der Waals surface area contributed by atoms with Gasteiger partial charge in [0.25, 0.3) is 0 Å². The number of nitrogens with zero attached hydrogens (tertiary/aromatic N) is 3. The first kappa shape index (κ1) is 16.5. The van der Waals surface area contributed by atoms with E-state index in [0.717, 1.165) is 45.0 Å². The maximum Gasteiger partial charge on any atom is 0.0898 e. The van der Waals surface area contributed by atoms with Crippen molar-refractivity contribution in [3.05, 3.63) is 17.0 Å². The van der Waals surface area contributed by atoms with Crippen LogP contribution < -0.4 is 5.32 Å². The molecule has 0 amide bonds. The first-order valence-electron chi connectivity index (χ1n) is 8.11. The fourth-order valence-electron chi connectivity index (χ4n) is 2.84. The van der Waals surface area contributed by atoms with Crippen LogP contribution in [0.2, 0.25) is 0 Å². The summed E-state index contributed by atoms with van der Waals surface area (Å²) in [6, 6.07) is 0.493. The van der Waals surface area contributed by atoms with Crippen molar-refractivity contribution in [2.45, 2.75) is 59.9 Å². The molecule has 0 aliphatic carbocycles. The van der Waals surface area contributed by atoms with Gasteiger partial charge in [-0.25, -0.2) is 0 Å². The molecule has 1 N–H and O–H groups in total. The van der Waals surface area contributed by atoms with E-state index in [4.69, 9.17) is 9.84 Å². The quantitative estimate of drug-likeness (QED) is 0.867. The second-order valence-electron chi connectivity index (χ2n) is 6.25. The molecule has 2 heterocycles. The van der Waals surface area contributed by atoms with Crippen LogP contribution in [0.1, 0.15) is 37.7 Å². The lowest BCUT2D eigenvalue weighted by molar-refractivity contribution is -0.0360. The molecule has 1 fully saturated rings. The zero-order valence-electron chi connectivity index (χ0n) is 14.1. The van der Waals surface area contributed by atoms with Crippen molar-refractivity contribution in [2.24, 2.45) is 0 Å². The Balaban J connectivity index is 2.01. The van der Waals surface area contributed by atoms with Gasteiger partial charge in [0, 0.05) is 36.9 Å². The Morgan fingerprint density at radius 2 is 2.14 bits per heavy atom. The van der Waals surface area contributed by atoms with E-state index in [1.54, 1.807) is 0 Å². The molecule has 0 radical (unpaired) electrons. The molecule has 1 aliphatic rings. The molecule has 0 bridgehead atoms. The molecule has 5 heteroatoms. The summed E-state index contributed by atoms with van der Waals surface area (Å²) in [6.45, 7) is 16.5. The highest BCUT2D eigenvalue weighted by Gasteiger charge is 2.21. The van der Waals surface area contributed by atoms with Crippen LogP contribution in [-0.2, 0) is 17.8 Å². The highest BCUT2D eigenvalue weighted by atomic mass is 16.5. The fraction of sp³-hybridized carbons (Fsp3) is 0.812. The topological polar surface area (TPSA) is 42.3 Å². The van der Waals surface area contributed by atoms with Gasteiger partial charge in [-0.1, -0.05) is 20.8 Å². The number of hydrogen-bond donors (Lipinski definition) is 1. The zero-order valence-corrected chi connectivity index (χ0v) is 14.1. The molecular formula is C16H30N4O. The average Bonchev–Trinajstić information content (AvgIpc) is 2.71. The summed E-state index contributed by atoms with van der Waals surface area (Å²) < 4.78 is 8.02. The van der Waals surface area contributed by atoms with Crippen LogP contribution >= 0.6 is 0 Å². The van der Waals surface area contributed by atoms with Gasteiger partial charge in [0.15, 0.2) is 0 Å². The van der Waals surface area contributed by atoms with E-state index < -0.39 is 0 Å². The maximum atomic E-state index is 5.90. The summed E-state index contributed by atoms with van der Waals surface area (Å²) >= 11 is 0. The van der Waals surface area contributed by atoms with Crippen molar-refractivity contribution in [1.29, 1.82) is 0 Å². The molecule has 0 saturated carbocycles. The third kappa shape index (κ3) is 4.28. The molecule has 1 aromatic heterocycles. The minimum atomic E-state index is 0.252. The smallest absolute Gasteiger partial charge is 0.0898 e. The molecule has 1 saturated heterocycles. The Morgan fingerprint density at radius 1 is 1.38 bits per heavy atom. The number of aromatic nitrogens is 2. The standard InChI is InChI=1S/C16H30N4O/c1-6-19-7-8-21-15(10-19)11-20-14(5)16(13(4)18-20)9-17-12(2)3/h12,15,17H,6-11H2,1-5H3. The van der Waals surface area contributed by atoms with Gasteiger partial charge in [0.2, 0.25) is 0 Å². The molecule has 1 atom stereocenters. The van der Waals surface area contributed by atoms with Gasteiger partial charge in [-0.3, -0.25) is 9.58 Å². The predicted octanol–water partition coefficient (Wildman–Crippen LogP) is 1.72. The van der Waals surface area contributed by atoms with Crippen molar-refractivity contribution in [3.63, 3.8) is 0 Å². The molecule has 5 nitrogen and oxygen atoms in total. The second-order valence-corrected chi connectivity index (χ2v) is 6.25. The summed E-state index contributed by atoms with van der Waals surface area (Å²) in [5.41, 5.74) is 3.72. The third-order valence-corrected chi connectivity index (χ3v) is 4.27. The molecular weight excluding hydrogens is 264 g/mol. The summed E-state index contributed by atoms with van der Waals surface area (Å²) in [6.07, 6.45) is 0.252. The van der Waals surface area contributed by atoms with Crippen LogP contribution in [0.15, 0.2) is 0 Å². The van der Waals surface area contributed by atoms with E-state index in [1.165, 1.54) is 11.3 Å². The van der Waals surface area contributed by atoms with Gasteiger partial charge in [0.1, 0.15) is 0 Å². The minimum absolute atomic E-state index is 0.252. The van der Waals surface area contributed by atoms with E-state index in [2.05, 4.69) is 49.5 Å².